The molecular formula is C27H26ClFN4O. The normalized spacial score (nSPS) is 16.3. The summed E-state index contributed by atoms with van der Waals surface area (Å²) >= 11 is 6.15. The van der Waals surface area contributed by atoms with Crippen molar-refractivity contribution in [3.8, 4) is 5.69 Å². The maximum Gasteiger partial charge on any atom is 0.193 e. The molecule has 1 saturated heterocycles. The van der Waals surface area contributed by atoms with E-state index in [4.69, 9.17) is 16.6 Å². The van der Waals surface area contributed by atoms with Crippen LogP contribution in [0.25, 0.3) is 16.7 Å². The van der Waals surface area contributed by atoms with Gasteiger partial charge in [0.25, 0.3) is 0 Å². The minimum Gasteiger partial charge on any atom is -0.354 e. The zero-order valence-electron chi connectivity index (χ0n) is 19.0. The van der Waals surface area contributed by atoms with Crippen LogP contribution in [0.1, 0.15) is 32.6 Å². The number of aromatic nitrogens is 2. The van der Waals surface area contributed by atoms with E-state index >= 15 is 4.39 Å². The van der Waals surface area contributed by atoms with Gasteiger partial charge in [0.05, 0.1) is 5.39 Å². The van der Waals surface area contributed by atoms with Gasteiger partial charge in [0.2, 0.25) is 0 Å². The Morgan fingerprint density at radius 1 is 1.03 bits per heavy atom. The minimum absolute atomic E-state index is 0.238. The Bertz CT molecular complexity index is 1380. The molecule has 0 saturated carbocycles. The summed E-state index contributed by atoms with van der Waals surface area (Å²) in [4.78, 5) is 19.8. The molecule has 0 amide bonds. The van der Waals surface area contributed by atoms with Gasteiger partial charge in [0.1, 0.15) is 5.82 Å². The molecule has 174 valence electrons. The van der Waals surface area contributed by atoms with Crippen LogP contribution >= 0.6 is 11.6 Å². The molecule has 5 rings (SSSR count). The van der Waals surface area contributed by atoms with Crippen molar-refractivity contribution in [2.24, 2.45) is 0 Å². The number of hydrogen-bond donors (Lipinski definition) is 1. The molecule has 1 aliphatic heterocycles. The highest BCUT2D eigenvalue weighted by Crippen LogP contribution is 2.29. The summed E-state index contributed by atoms with van der Waals surface area (Å²) in [5.41, 5.74) is 2.93. The molecular weight excluding hydrogens is 451 g/mol. The maximum atomic E-state index is 15.1. The van der Waals surface area contributed by atoms with Gasteiger partial charge in [-0.3, -0.25) is 9.36 Å². The molecule has 0 atom stereocenters. The predicted molar refractivity (Wildman–Crippen MR) is 138 cm³/mol. The van der Waals surface area contributed by atoms with Gasteiger partial charge in [-0.25, -0.2) is 9.37 Å². The summed E-state index contributed by atoms with van der Waals surface area (Å²) < 4.78 is 17.0. The first kappa shape index (κ1) is 22.4. The summed E-state index contributed by atoms with van der Waals surface area (Å²) in [5, 5.41) is 4.24. The van der Waals surface area contributed by atoms with Crippen LogP contribution < -0.4 is 15.6 Å². The van der Waals surface area contributed by atoms with Crippen molar-refractivity contribution in [1.29, 1.82) is 0 Å². The first-order chi connectivity index (χ1) is 16.5. The number of hydrogen-bond acceptors (Lipinski definition) is 4. The van der Waals surface area contributed by atoms with Crippen LogP contribution in [-0.4, -0.2) is 22.6 Å². The summed E-state index contributed by atoms with van der Waals surface area (Å²) in [5.74, 6) is 0.379. The van der Waals surface area contributed by atoms with E-state index in [0.29, 0.717) is 22.3 Å². The van der Waals surface area contributed by atoms with Gasteiger partial charge in [-0.1, -0.05) is 35.4 Å². The summed E-state index contributed by atoms with van der Waals surface area (Å²) in [7, 11) is 0. The lowest BCUT2D eigenvalue weighted by Crippen LogP contribution is -2.31. The van der Waals surface area contributed by atoms with Gasteiger partial charge in [0.15, 0.2) is 22.7 Å². The fraction of sp³-hybridized carbons (Fsp3) is 0.259. The summed E-state index contributed by atoms with van der Waals surface area (Å²) in [6, 6.07) is 10.1. The van der Waals surface area contributed by atoms with Crippen LogP contribution in [0.4, 0.5) is 16.0 Å². The zero-order chi connectivity index (χ0) is 23.7. The minimum atomic E-state index is -0.467. The molecule has 1 aromatic carbocycles. The second-order valence-electron chi connectivity index (χ2n) is 8.72. The molecule has 0 unspecified atom stereocenters. The van der Waals surface area contributed by atoms with Crippen LogP contribution in [0.3, 0.4) is 0 Å². The Kier molecular flexibility index (Phi) is 6.24. The number of benzene rings is 1. The zero-order valence-corrected chi connectivity index (χ0v) is 19.8. The SMILES string of the molecule is CC1=CCC=C(Nc2cc(=O)c3cc(F)c(N4CCCCC4)nc3n2-c2ccc(Cl)cc2)C=C1. The van der Waals surface area contributed by atoms with Crippen molar-refractivity contribution >= 4 is 34.3 Å². The van der Waals surface area contributed by atoms with Crippen molar-refractivity contribution in [3.05, 3.63) is 93.0 Å². The average molecular weight is 477 g/mol. The van der Waals surface area contributed by atoms with Crippen molar-refractivity contribution in [2.45, 2.75) is 32.6 Å². The number of pyridine rings is 2. The van der Waals surface area contributed by atoms with Crippen LogP contribution in [-0.2, 0) is 0 Å². The molecule has 1 N–H and O–H groups in total. The molecule has 0 radical (unpaired) electrons. The third-order valence-electron chi connectivity index (χ3n) is 6.24. The first-order valence-corrected chi connectivity index (χ1v) is 12.0. The number of allylic oxidation sites excluding steroid dienone is 5. The largest absolute Gasteiger partial charge is 0.354 e. The Morgan fingerprint density at radius 2 is 1.79 bits per heavy atom. The number of fused-ring (bicyclic) bond motifs is 1. The molecule has 0 spiro atoms. The van der Waals surface area contributed by atoms with Gasteiger partial charge in [0, 0.05) is 35.6 Å². The predicted octanol–water partition coefficient (Wildman–Crippen LogP) is 6.37. The van der Waals surface area contributed by atoms with Crippen LogP contribution in [0.5, 0.6) is 0 Å². The highest BCUT2D eigenvalue weighted by Gasteiger charge is 2.21. The van der Waals surface area contributed by atoms with Crippen LogP contribution in [0.2, 0.25) is 5.02 Å². The Morgan fingerprint density at radius 3 is 2.56 bits per heavy atom. The third kappa shape index (κ3) is 4.50. The molecule has 34 heavy (non-hydrogen) atoms. The van der Waals surface area contributed by atoms with Gasteiger partial charge in [-0.15, -0.1) is 0 Å². The van der Waals surface area contributed by atoms with E-state index in [9.17, 15) is 4.79 Å². The standard InChI is InChI=1S/C27H26ClFN4O/c1-18-6-5-7-20(11-8-18)30-25-17-24(34)22-16-23(29)27(32-14-3-2-4-15-32)31-26(22)33(25)21-12-9-19(28)10-13-21/h6-13,16-17,30H,2-5,14-15H2,1H3. The molecule has 1 aliphatic carbocycles. The lowest BCUT2D eigenvalue weighted by Gasteiger charge is -2.28. The summed E-state index contributed by atoms with van der Waals surface area (Å²) in [6.07, 6.45) is 12.1. The molecule has 7 heteroatoms. The number of anilines is 2. The van der Waals surface area contributed by atoms with Gasteiger partial charge >= 0.3 is 0 Å². The maximum absolute atomic E-state index is 15.1. The van der Waals surface area contributed by atoms with Gasteiger partial charge in [-0.2, -0.15) is 0 Å². The van der Waals surface area contributed by atoms with E-state index in [0.717, 1.165) is 50.2 Å². The van der Waals surface area contributed by atoms with E-state index in [1.807, 2.05) is 40.7 Å². The highest BCUT2D eigenvalue weighted by atomic mass is 35.5. The van der Waals surface area contributed by atoms with E-state index in [1.54, 1.807) is 12.1 Å². The fourth-order valence-corrected chi connectivity index (χ4v) is 4.57. The fourth-order valence-electron chi connectivity index (χ4n) is 4.44. The average Bonchev–Trinajstić information content (AvgIpc) is 3.04. The smallest absolute Gasteiger partial charge is 0.193 e. The van der Waals surface area contributed by atoms with Gasteiger partial charge < -0.3 is 10.2 Å². The highest BCUT2D eigenvalue weighted by molar-refractivity contribution is 6.30. The second kappa shape index (κ2) is 9.47. The third-order valence-corrected chi connectivity index (χ3v) is 6.49. The number of halogens is 2. The Hall–Kier alpha value is -3.38. The second-order valence-corrected chi connectivity index (χ2v) is 9.16. The van der Waals surface area contributed by atoms with Crippen LogP contribution in [0, 0.1) is 5.82 Å². The lowest BCUT2D eigenvalue weighted by atomic mass is 10.1. The topological polar surface area (TPSA) is 50.2 Å². The van der Waals surface area contributed by atoms with Crippen molar-refractivity contribution in [3.63, 3.8) is 0 Å². The number of rotatable bonds is 4. The van der Waals surface area contributed by atoms with E-state index in [-0.39, 0.29) is 10.8 Å². The number of nitrogens with one attached hydrogen (secondary N) is 1. The first-order valence-electron chi connectivity index (χ1n) is 11.6. The van der Waals surface area contributed by atoms with E-state index in [2.05, 4.69) is 17.5 Å². The molecule has 1 fully saturated rings. The molecule has 2 aliphatic rings. The van der Waals surface area contributed by atoms with Crippen molar-refractivity contribution in [1.82, 2.24) is 9.55 Å². The monoisotopic (exact) mass is 476 g/mol. The molecule has 3 aromatic rings. The number of nitrogens with zero attached hydrogens (tertiary/aromatic N) is 3. The van der Waals surface area contributed by atoms with Crippen molar-refractivity contribution in [2.75, 3.05) is 23.3 Å². The Labute approximate surface area is 202 Å². The van der Waals surface area contributed by atoms with E-state index in [1.165, 1.54) is 17.7 Å². The Balaban J connectivity index is 1.72. The van der Waals surface area contributed by atoms with Crippen LogP contribution in [0.15, 0.2) is 76.8 Å². The molecule has 3 heterocycles. The lowest BCUT2D eigenvalue weighted by molar-refractivity contribution is 0.551. The molecule has 2 aromatic heterocycles. The molecule has 0 bridgehead atoms. The van der Waals surface area contributed by atoms with E-state index < -0.39 is 5.82 Å². The van der Waals surface area contributed by atoms with Gasteiger partial charge in [-0.05, 0) is 69.0 Å². The quantitative estimate of drug-likeness (QED) is 0.475. The number of piperidine rings is 1. The molecule has 5 nitrogen and oxygen atoms in total. The summed E-state index contributed by atoms with van der Waals surface area (Å²) in [6.45, 7) is 3.55. The van der Waals surface area contributed by atoms with Crippen molar-refractivity contribution < 1.29 is 4.39 Å².